The molecule has 1 fully saturated rings. The van der Waals surface area contributed by atoms with Crippen LogP contribution in [-0.4, -0.2) is 35.4 Å². The molecule has 140 valence electrons. The van der Waals surface area contributed by atoms with E-state index < -0.39 is 0 Å². The molecule has 0 spiro atoms. The number of nitrogens with zero attached hydrogens (tertiary/aromatic N) is 2. The van der Waals surface area contributed by atoms with Crippen molar-refractivity contribution in [1.29, 1.82) is 0 Å². The number of fused-ring (bicyclic) bond motifs is 1. The summed E-state index contributed by atoms with van der Waals surface area (Å²) in [6, 6.07) is 13.0. The second kappa shape index (κ2) is 8.11. The molecule has 1 unspecified atom stereocenters. The fraction of sp³-hybridized carbons (Fsp3) is 0.333. The molecular formula is C21H22ClN3O2. The Morgan fingerprint density at radius 2 is 2.04 bits per heavy atom. The average molecular weight is 384 g/mol. The van der Waals surface area contributed by atoms with Crippen LogP contribution in [0.25, 0.3) is 10.9 Å². The van der Waals surface area contributed by atoms with E-state index in [4.69, 9.17) is 16.0 Å². The number of rotatable bonds is 5. The van der Waals surface area contributed by atoms with E-state index in [-0.39, 0.29) is 11.9 Å². The lowest BCUT2D eigenvalue weighted by Gasteiger charge is -2.33. The van der Waals surface area contributed by atoms with Gasteiger partial charge in [0, 0.05) is 17.5 Å². The van der Waals surface area contributed by atoms with Crippen LogP contribution < -0.4 is 5.32 Å². The first-order valence-electron chi connectivity index (χ1n) is 9.33. The van der Waals surface area contributed by atoms with E-state index in [2.05, 4.69) is 15.2 Å². The number of hydrogen-bond acceptors (Lipinski definition) is 4. The number of carbonyl (C=O) groups excluding carboxylic acids is 1. The van der Waals surface area contributed by atoms with Crippen LogP contribution in [-0.2, 0) is 0 Å². The largest absolute Gasteiger partial charge is 0.468 e. The average Bonchev–Trinajstić information content (AvgIpc) is 3.23. The smallest absolute Gasteiger partial charge is 0.251 e. The van der Waals surface area contributed by atoms with Crippen molar-refractivity contribution in [3.8, 4) is 0 Å². The Labute approximate surface area is 163 Å². The standard InChI is InChI=1S/C21H22ClN3O2/c22-20-9-7-15-13-16(6-8-17(15)24-20)21(26)23-14-18(19-5-4-12-27-19)25-10-2-1-3-11-25/h4-9,12-13,18H,1-3,10-11,14H2,(H,23,26). The third kappa shape index (κ3) is 4.15. The van der Waals surface area contributed by atoms with Gasteiger partial charge in [-0.05, 0) is 68.4 Å². The number of amides is 1. The minimum absolute atomic E-state index is 0.0604. The van der Waals surface area contributed by atoms with E-state index >= 15 is 0 Å². The van der Waals surface area contributed by atoms with Gasteiger partial charge in [0.2, 0.25) is 0 Å². The Hall–Kier alpha value is -2.37. The number of carbonyl (C=O) groups is 1. The number of likely N-dealkylation sites (tertiary alicyclic amines) is 1. The second-order valence-corrected chi connectivity index (χ2v) is 7.27. The molecule has 5 nitrogen and oxygen atoms in total. The molecule has 2 aromatic heterocycles. The highest BCUT2D eigenvalue weighted by Gasteiger charge is 2.25. The number of benzene rings is 1. The van der Waals surface area contributed by atoms with Gasteiger partial charge in [-0.25, -0.2) is 4.98 Å². The molecule has 3 aromatic rings. The van der Waals surface area contributed by atoms with Crippen molar-refractivity contribution in [2.75, 3.05) is 19.6 Å². The van der Waals surface area contributed by atoms with Crippen molar-refractivity contribution in [1.82, 2.24) is 15.2 Å². The maximum Gasteiger partial charge on any atom is 0.251 e. The van der Waals surface area contributed by atoms with Gasteiger partial charge in [-0.1, -0.05) is 18.0 Å². The predicted molar refractivity (Wildman–Crippen MR) is 106 cm³/mol. The lowest BCUT2D eigenvalue weighted by molar-refractivity contribution is 0.0914. The van der Waals surface area contributed by atoms with E-state index in [1.807, 2.05) is 30.3 Å². The number of pyridine rings is 1. The fourth-order valence-electron chi connectivity index (χ4n) is 3.65. The van der Waals surface area contributed by atoms with Crippen LogP contribution in [0.5, 0.6) is 0 Å². The summed E-state index contributed by atoms with van der Waals surface area (Å²) in [4.78, 5) is 19.4. The minimum Gasteiger partial charge on any atom is -0.468 e. The highest BCUT2D eigenvalue weighted by atomic mass is 35.5. The molecule has 1 amide bonds. The molecule has 1 atom stereocenters. The quantitative estimate of drug-likeness (QED) is 0.662. The van der Waals surface area contributed by atoms with Crippen LogP contribution in [0.4, 0.5) is 0 Å². The molecule has 0 aliphatic carbocycles. The van der Waals surface area contributed by atoms with Crippen LogP contribution in [0.1, 0.15) is 41.4 Å². The van der Waals surface area contributed by atoms with Gasteiger partial charge in [0.25, 0.3) is 5.91 Å². The number of aromatic nitrogens is 1. The van der Waals surface area contributed by atoms with Gasteiger partial charge in [0.05, 0.1) is 17.8 Å². The summed E-state index contributed by atoms with van der Waals surface area (Å²) in [5.74, 6) is 0.801. The molecule has 3 heterocycles. The van der Waals surface area contributed by atoms with Crippen LogP contribution in [0, 0.1) is 0 Å². The summed E-state index contributed by atoms with van der Waals surface area (Å²) in [5.41, 5.74) is 1.39. The summed E-state index contributed by atoms with van der Waals surface area (Å²) in [6.07, 6.45) is 5.33. The van der Waals surface area contributed by atoms with Gasteiger partial charge in [0.15, 0.2) is 0 Å². The molecule has 0 radical (unpaired) electrons. The number of hydrogen-bond donors (Lipinski definition) is 1. The molecule has 4 rings (SSSR count). The molecule has 0 bridgehead atoms. The van der Waals surface area contributed by atoms with Crippen molar-refractivity contribution in [2.24, 2.45) is 0 Å². The summed E-state index contributed by atoms with van der Waals surface area (Å²) in [7, 11) is 0. The summed E-state index contributed by atoms with van der Waals surface area (Å²) < 4.78 is 5.64. The monoisotopic (exact) mass is 383 g/mol. The summed E-state index contributed by atoms with van der Waals surface area (Å²) in [6.45, 7) is 2.58. The van der Waals surface area contributed by atoms with Crippen LogP contribution in [0.2, 0.25) is 5.15 Å². The van der Waals surface area contributed by atoms with Crippen molar-refractivity contribution in [3.05, 3.63) is 65.2 Å². The first kappa shape index (κ1) is 18.0. The van der Waals surface area contributed by atoms with Crippen LogP contribution >= 0.6 is 11.6 Å². The van der Waals surface area contributed by atoms with Crippen LogP contribution in [0.3, 0.4) is 0 Å². The Balaban J connectivity index is 1.48. The lowest BCUT2D eigenvalue weighted by Crippen LogP contribution is -2.40. The zero-order valence-electron chi connectivity index (χ0n) is 15.0. The molecule has 0 saturated carbocycles. The first-order chi connectivity index (χ1) is 13.2. The predicted octanol–water partition coefficient (Wildman–Crippen LogP) is 4.44. The van der Waals surface area contributed by atoms with Gasteiger partial charge in [-0.15, -0.1) is 0 Å². The maximum absolute atomic E-state index is 12.7. The molecule has 6 heteroatoms. The van der Waals surface area contributed by atoms with Crippen molar-refractivity contribution in [3.63, 3.8) is 0 Å². The lowest BCUT2D eigenvalue weighted by atomic mass is 10.1. The van der Waals surface area contributed by atoms with Crippen LogP contribution in [0.15, 0.2) is 53.1 Å². The van der Waals surface area contributed by atoms with Gasteiger partial charge < -0.3 is 9.73 Å². The normalized spacial score (nSPS) is 16.3. The highest BCUT2D eigenvalue weighted by molar-refractivity contribution is 6.29. The maximum atomic E-state index is 12.7. The molecule has 1 saturated heterocycles. The number of nitrogens with one attached hydrogen (secondary N) is 1. The van der Waals surface area contributed by atoms with Crippen molar-refractivity contribution in [2.45, 2.75) is 25.3 Å². The van der Waals surface area contributed by atoms with Gasteiger partial charge >= 0.3 is 0 Å². The zero-order valence-corrected chi connectivity index (χ0v) is 15.8. The van der Waals surface area contributed by atoms with Crippen molar-refractivity contribution < 1.29 is 9.21 Å². The second-order valence-electron chi connectivity index (χ2n) is 6.88. The topological polar surface area (TPSA) is 58.4 Å². The Bertz CT molecular complexity index is 920. The van der Waals surface area contributed by atoms with Gasteiger partial charge in [-0.2, -0.15) is 0 Å². The van der Waals surface area contributed by atoms with E-state index in [1.165, 1.54) is 19.3 Å². The zero-order chi connectivity index (χ0) is 18.6. The van der Waals surface area contributed by atoms with E-state index in [0.29, 0.717) is 17.3 Å². The van der Waals surface area contributed by atoms with Gasteiger partial charge in [-0.3, -0.25) is 9.69 Å². The summed E-state index contributed by atoms with van der Waals surface area (Å²) in [5, 5.41) is 4.41. The number of halogens is 1. The molecule has 1 aliphatic heterocycles. The third-order valence-corrected chi connectivity index (χ3v) is 5.29. The summed E-state index contributed by atoms with van der Waals surface area (Å²) >= 11 is 5.92. The minimum atomic E-state index is -0.0968. The fourth-order valence-corrected chi connectivity index (χ4v) is 3.81. The molecule has 1 aliphatic rings. The van der Waals surface area contributed by atoms with Gasteiger partial charge in [0.1, 0.15) is 10.9 Å². The highest BCUT2D eigenvalue weighted by Crippen LogP contribution is 2.25. The Kier molecular flexibility index (Phi) is 5.41. The van der Waals surface area contributed by atoms with E-state index in [1.54, 1.807) is 18.4 Å². The molecule has 1 N–H and O–H groups in total. The number of furan rings is 1. The molecular weight excluding hydrogens is 362 g/mol. The Morgan fingerprint density at radius 1 is 1.19 bits per heavy atom. The SMILES string of the molecule is O=C(NCC(c1ccco1)N1CCCCC1)c1ccc2nc(Cl)ccc2c1. The number of piperidine rings is 1. The van der Waals surface area contributed by atoms with Crippen molar-refractivity contribution >= 4 is 28.4 Å². The third-order valence-electron chi connectivity index (χ3n) is 5.08. The Morgan fingerprint density at radius 3 is 2.81 bits per heavy atom. The first-order valence-corrected chi connectivity index (χ1v) is 9.70. The van der Waals surface area contributed by atoms with E-state index in [0.717, 1.165) is 29.8 Å². The van der Waals surface area contributed by atoms with E-state index in [9.17, 15) is 4.79 Å². The molecule has 27 heavy (non-hydrogen) atoms. The molecule has 1 aromatic carbocycles.